The first kappa shape index (κ1) is 15.5. The van der Waals surface area contributed by atoms with Crippen molar-refractivity contribution in [2.75, 3.05) is 13.1 Å². The highest BCUT2D eigenvalue weighted by Gasteiger charge is 2.04. The molecule has 1 aromatic heterocycles. The van der Waals surface area contributed by atoms with Crippen LogP contribution in [-0.2, 0) is 13.6 Å². The van der Waals surface area contributed by atoms with Crippen molar-refractivity contribution in [3.63, 3.8) is 0 Å². The maximum atomic E-state index is 4.53. The molecule has 0 radical (unpaired) electrons. The van der Waals surface area contributed by atoms with Crippen LogP contribution in [0.5, 0.6) is 0 Å². The van der Waals surface area contributed by atoms with Crippen LogP contribution >= 0.6 is 0 Å². The Kier molecular flexibility index (Phi) is 6.32. The zero-order valence-corrected chi connectivity index (χ0v) is 12.7. The number of aryl methyl sites for hydroxylation is 1. The molecule has 0 amide bonds. The highest BCUT2D eigenvalue weighted by Crippen LogP contribution is 1.99. The SMILES string of the molecule is CCNC(=NCc1nnc(C)n1C)NCCC(C)C. The topological polar surface area (TPSA) is 67.1 Å². The predicted octanol–water partition coefficient (Wildman–Crippen LogP) is 1.22. The molecule has 0 unspecified atom stereocenters. The second-order valence-electron chi connectivity index (χ2n) is 5.03. The monoisotopic (exact) mass is 266 g/mol. The van der Waals surface area contributed by atoms with E-state index in [1.165, 1.54) is 0 Å². The number of rotatable bonds is 6. The summed E-state index contributed by atoms with van der Waals surface area (Å²) >= 11 is 0. The molecule has 0 fully saturated rings. The summed E-state index contributed by atoms with van der Waals surface area (Å²) in [6.45, 7) is 10.8. The molecule has 0 aromatic carbocycles. The van der Waals surface area contributed by atoms with Crippen LogP contribution in [0.15, 0.2) is 4.99 Å². The molecule has 2 N–H and O–H groups in total. The number of hydrogen-bond donors (Lipinski definition) is 2. The third-order valence-corrected chi connectivity index (χ3v) is 2.92. The largest absolute Gasteiger partial charge is 0.357 e. The molecule has 0 saturated carbocycles. The van der Waals surface area contributed by atoms with E-state index < -0.39 is 0 Å². The van der Waals surface area contributed by atoms with Crippen LogP contribution in [0.1, 0.15) is 38.8 Å². The molecular formula is C13H26N6. The number of nitrogens with one attached hydrogen (secondary N) is 2. The number of hydrogen-bond acceptors (Lipinski definition) is 3. The minimum Gasteiger partial charge on any atom is -0.357 e. The Bertz CT molecular complexity index is 407. The number of nitrogens with zero attached hydrogens (tertiary/aromatic N) is 4. The Morgan fingerprint density at radius 1 is 1.32 bits per heavy atom. The summed E-state index contributed by atoms with van der Waals surface area (Å²) < 4.78 is 1.96. The number of guanidine groups is 1. The molecule has 0 spiro atoms. The molecule has 0 aliphatic rings. The normalized spacial score (nSPS) is 12.0. The second kappa shape index (κ2) is 7.76. The van der Waals surface area contributed by atoms with Crippen LogP contribution in [0.3, 0.4) is 0 Å². The molecule has 0 saturated heterocycles. The molecule has 1 heterocycles. The molecule has 6 nitrogen and oxygen atoms in total. The summed E-state index contributed by atoms with van der Waals surface area (Å²) in [5, 5.41) is 14.7. The fourth-order valence-corrected chi connectivity index (χ4v) is 1.56. The zero-order chi connectivity index (χ0) is 14.3. The second-order valence-corrected chi connectivity index (χ2v) is 5.03. The molecule has 1 aromatic rings. The standard InChI is InChI=1S/C13H26N6/c1-6-14-13(15-8-7-10(2)3)16-9-12-18-17-11(4)19(12)5/h10H,6-9H2,1-5H3,(H2,14,15,16). The van der Waals surface area contributed by atoms with Crippen LogP contribution in [0, 0.1) is 12.8 Å². The van der Waals surface area contributed by atoms with Crippen molar-refractivity contribution in [3.05, 3.63) is 11.6 Å². The van der Waals surface area contributed by atoms with Gasteiger partial charge < -0.3 is 15.2 Å². The van der Waals surface area contributed by atoms with Crippen LogP contribution in [0.25, 0.3) is 0 Å². The van der Waals surface area contributed by atoms with Crippen molar-refractivity contribution in [3.8, 4) is 0 Å². The quantitative estimate of drug-likeness (QED) is 0.600. The van der Waals surface area contributed by atoms with Gasteiger partial charge in [-0.25, -0.2) is 4.99 Å². The smallest absolute Gasteiger partial charge is 0.191 e. The molecular weight excluding hydrogens is 240 g/mol. The van der Waals surface area contributed by atoms with Gasteiger partial charge in [-0.3, -0.25) is 0 Å². The van der Waals surface area contributed by atoms with Gasteiger partial charge in [-0.2, -0.15) is 0 Å². The van der Waals surface area contributed by atoms with E-state index in [0.29, 0.717) is 12.5 Å². The van der Waals surface area contributed by atoms with Gasteiger partial charge >= 0.3 is 0 Å². The Hall–Kier alpha value is -1.59. The highest BCUT2D eigenvalue weighted by atomic mass is 15.3. The van der Waals surface area contributed by atoms with Gasteiger partial charge in [0.25, 0.3) is 0 Å². The summed E-state index contributed by atoms with van der Waals surface area (Å²) in [4.78, 5) is 4.53. The molecule has 0 aliphatic carbocycles. The fourth-order valence-electron chi connectivity index (χ4n) is 1.56. The summed E-state index contributed by atoms with van der Waals surface area (Å²) in [6.07, 6.45) is 1.13. The van der Waals surface area contributed by atoms with Gasteiger partial charge in [0.05, 0.1) is 0 Å². The minimum absolute atomic E-state index is 0.536. The van der Waals surface area contributed by atoms with E-state index in [2.05, 4.69) is 46.6 Å². The maximum Gasteiger partial charge on any atom is 0.191 e. The van der Waals surface area contributed by atoms with Crippen molar-refractivity contribution < 1.29 is 0 Å². The van der Waals surface area contributed by atoms with E-state index in [1.807, 2.05) is 18.5 Å². The Morgan fingerprint density at radius 2 is 2.05 bits per heavy atom. The van der Waals surface area contributed by atoms with Crippen molar-refractivity contribution in [2.24, 2.45) is 18.0 Å². The Labute approximate surface area is 115 Å². The van der Waals surface area contributed by atoms with Crippen LogP contribution in [0.4, 0.5) is 0 Å². The summed E-state index contributed by atoms with van der Waals surface area (Å²) in [5.74, 6) is 3.31. The van der Waals surface area contributed by atoms with Crippen molar-refractivity contribution in [2.45, 2.75) is 40.7 Å². The first-order valence-corrected chi connectivity index (χ1v) is 6.91. The van der Waals surface area contributed by atoms with E-state index in [0.717, 1.165) is 37.1 Å². The zero-order valence-electron chi connectivity index (χ0n) is 12.7. The highest BCUT2D eigenvalue weighted by molar-refractivity contribution is 5.79. The van der Waals surface area contributed by atoms with Gasteiger partial charge in [-0.05, 0) is 26.2 Å². The van der Waals surface area contributed by atoms with Crippen LogP contribution in [0.2, 0.25) is 0 Å². The predicted molar refractivity (Wildman–Crippen MR) is 78.0 cm³/mol. The van der Waals surface area contributed by atoms with Gasteiger partial charge in [-0.15, -0.1) is 10.2 Å². The van der Waals surface area contributed by atoms with Crippen LogP contribution < -0.4 is 10.6 Å². The van der Waals surface area contributed by atoms with E-state index in [9.17, 15) is 0 Å². The Balaban J connectivity index is 2.55. The van der Waals surface area contributed by atoms with Crippen molar-refractivity contribution >= 4 is 5.96 Å². The summed E-state index contributed by atoms with van der Waals surface area (Å²) in [7, 11) is 1.96. The Morgan fingerprint density at radius 3 is 2.58 bits per heavy atom. The number of aliphatic imine (C=N–C) groups is 1. The van der Waals surface area contributed by atoms with Gasteiger partial charge in [0.15, 0.2) is 11.8 Å². The van der Waals surface area contributed by atoms with Gasteiger partial charge in [-0.1, -0.05) is 13.8 Å². The minimum atomic E-state index is 0.536. The maximum absolute atomic E-state index is 4.53. The molecule has 108 valence electrons. The van der Waals surface area contributed by atoms with E-state index in [4.69, 9.17) is 0 Å². The molecule has 6 heteroatoms. The summed E-state index contributed by atoms with van der Waals surface area (Å²) in [5.41, 5.74) is 0. The molecule has 0 bridgehead atoms. The third kappa shape index (κ3) is 5.28. The van der Waals surface area contributed by atoms with E-state index in [1.54, 1.807) is 0 Å². The van der Waals surface area contributed by atoms with Crippen molar-refractivity contribution in [1.82, 2.24) is 25.4 Å². The lowest BCUT2D eigenvalue weighted by Gasteiger charge is -2.12. The average Bonchev–Trinajstić information content (AvgIpc) is 2.67. The molecule has 0 atom stereocenters. The first-order chi connectivity index (χ1) is 9.04. The van der Waals surface area contributed by atoms with Gasteiger partial charge in [0.1, 0.15) is 12.4 Å². The first-order valence-electron chi connectivity index (χ1n) is 6.91. The fraction of sp³-hybridized carbons (Fsp3) is 0.769. The third-order valence-electron chi connectivity index (χ3n) is 2.92. The molecule has 19 heavy (non-hydrogen) atoms. The van der Waals surface area contributed by atoms with Gasteiger partial charge in [0, 0.05) is 20.1 Å². The molecule has 1 rings (SSSR count). The molecule has 0 aliphatic heterocycles. The lowest BCUT2D eigenvalue weighted by molar-refractivity contribution is 0.573. The lowest BCUT2D eigenvalue weighted by atomic mass is 10.1. The summed E-state index contributed by atoms with van der Waals surface area (Å²) in [6, 6.07) is 0. The van der Waals surface area contributed by atoms with E-state index >= 15 is 0 Å². The average molecular weight is 266 g/mol. The van der Waals surface area contributed by atoms with Gasteiger partial charge in [0.2, 0.25) is 0 Å². The van der Waals surface area contributed by atoms with Crippen LogP contribution in [-0.4, -0.2) is 33.8 Å². The van der Waals surface area contributed by atoms with E-state index in [-0.39, 0.29) is 0 Å². The number of aromatic nitrogens is 3. The van der Waals surface area contributed by atoms with Crippen molar-refractivity contribution in [1.29, 1.82) is 0 Å². The lowest BCUT2D eigenvalue weighted by Crippen LogP contribution is -2.38.